The second-order valence-electron chi connectivity index (χ2n) is 7.82. The minimum absolute atomic E-state index is 0.568. The van der Waals surface area contributed by atoms with Gasteiger partial charge in [0.2, 0.25) is 0 Å². The molecule has 0 heterocycles. The Hall–Kier alpha value is -0.416. The minimum Gasteiger partial charge on any atom is -0.126 e. The minimum atomic E-state index is -1.77. The zero-order valence-corrected chi connectivity index (χ0v) is 20.1. The lowest BCUT2D eigenvalue weighted by molar-refractivity contribution is 0.838. The van der Waals surface area contributed by atoms with E-state index in [2.05, 4.69) is 79.7 Å². The van der Waals surface area contributed by atoms with Gasteiger partial charge in [-0.25, -0.2) is 0 Å². The monoisotopic (exact) mass is 380 g/mol. The van der Waals surface area contributed by atoms with Crippen LogP contribution >= 0.6 is 11.6 Å². The van der Waals surface area contributed by atoms with Gasteiger partial charge < -0.3 is 0 Å². The summed E-state index contributed by atoms with van der Waals surface area (Å²) in [5.41, 5.74) is 5.71. The van der Waals surface area contributed by atoms with Gasteiger partial charge in [-0.15, -0.1) is 12.0 Å². The van der Waals surface area contributed by atoms with Crippen molar-refractivity contribution in [2.45, 2.75) is 97.1 Å². The zero-order chi connectivity index (χ0) is 19.1. The average Bonchev–Trinajstić information content (AvgIpc) is 2.53. The quantitative estimate of drug-likeness (QED) is 0.319. The van der Waals surface area contributed by atoms with Gasteiger partial charge in [0.15, 0.2) is 0 Å². The standard InChI is InChI=1S/C21H37ClSi2/c1-11-20(22)21(23(12-2,13-3)14-4)15-16-24(17(5)6,18(7)8)19(9)10/h1,17-19H,12-14H2,2-10H3/b21-20+. The Labute approximate surface area is 158 Å². The Morgan fingerprint density at radius 2 is 1.25 bits per heavy atom. The molecule has 0 saturated carbocycles. The van der Waals surface area contributed by atoms with Crippen molar-refractivity contribution >= 4 is 27.7 Å². The maximum absolute atomic E-state index is 6.51. The molecular formula is C21H37ClSi2. The molecule has 0 atom stereocenters. The van der Waals surface area contributed by atoms with E-state index in [1.54, 1.807) is 0 Å². The summed E-state index contributed by atoms with van der Waals surface area (Å²) in [6.45, 7) is 20.9. The fourth-order valence-electron chi connectivity index (χ4n) is 4.38. The number of hydrogen-bond donors (Lipinski definition) is 0. The summed E-state index contributed by atoms with van der Waals surface area (Å²) >= 11 is 6.51. The van der Waals surface area contributed by atoms with E-state index in [4.69, 9.17) is 18.0 Å². The van der Waals surface area contributed by atoms with E-state index in [-0.39, 0.29) is 0 Å². The summed E-state index contributed by atoms with van der Waals surface area (Å²) in [7, 11) is -3.45. The third-order valence-electron chi connectivity index (χ3n) is 6.18. The first-order valence-electron chi connectivity index (χ1n) is 9.49. The van der Waals surface area contributed by atoms with E-state index in [0.29, 0.717) is 21.7 Å². The maximum atomic E-state index is 6.51. The Bertz CT molecular complexity index is 504. The summed E-state index contributed by atoms with van der Waals surface area (Å²) in [6.07, 6.45) is 5.68. The topological polar surface area (TPSA) is 0 Å². The Kier molecular flexibility index (Phi) is 9.74. The van der Waals surface area contributed by atoms with Crippen LogP contribution in [0.3, 0.4) is 0 Å². The van der Waals surface area contributed by atoms with Crippen LogP contribution in [0.1, 0.15) is 62.3 Å². The number of allylic oxidation sites excluding steroid dienone is 2. The van der Waals surface area contributed by atoms with E-state index >= 15 is 0 Å². The smallest absolute Gasteiger partial charge is 0.126 e. The van der Waals surface area contributed by atoms with E-state index in [1.165, 1.54) is 0 Å². The fraction of sp³-hybridized carbons (Fsp3) is 0.714. The highest BCUT2D eigenvalue weighted by Gasteiger charge is 2.42. The number of rotatable bonds is 7. The first kappa shape index (κ1) is 23.6. The molecule has 0 N–H and O–H groups in total. The molecule has 0 bridgehead atoms. The van der Waals surface area contributed by atoms with Gasteiger partial charge in [-0.05, 0) is 16.6 Å². The summed E-state index contributed by atoms with van der Waals surface area (Å²) in [5.74, 6) is 6.32. The lowest BCUT2D eigenvalue weighted by Crippen LogP contribution is -2.43. The molecule has 0 aromatic carbocycles. The third kappa shape index (κ3) is 4.60. The summed E-state index contributed by atoms with van der Waals surface area (Å²) in [6, 6.07) is 3.46. The lowest BCUT2D eigenvalue weighted by Gasteiger charge is -2.38. The van der Waals surface area contributed by atoms with Crippen LogP contribution in [0.25, 0.3) is 0 Å². The molecule has 0 radical (unpaired) electrons. The van der Waals surface area contributed by atoms with Gasteiger partial charge in [-0.3, -0.25) is 0 Å². The third-order valence-corrected chi connectivity index (χ3v) is 18.4. The molecule has 0 aliphatic carbocycles. The van der Waals surface area contributed by atoms with Crippen LogP contribution in [-0.2, 0) is 0 Å². The summed E-state index contributed by atoms with van der Waals surface area (Å²) < 4.78 is 0. The van der Waals surface area contributed by atoms with E-state index < -0.39 is 16.1 Å². The van der Waals surface area contributed by atoms with E-state index in [9.17, 15) is 0 Å². The Morgan fingerprint density at radius 1 is 0.875 bits per heavy atom. The molecule has 0 spiro atoms. The van der Waals surface area contributed by atoms with E-state index in [0.717, 1.165) is 23.3 Å². The molecule has 0 unspecified atom stereocenters. The van der Waals surface area contributed by atoms with Crippen molar-refractivity contribution in [1.82, 2.24) is 0 Å². The average molecular weight is 381 g/mol. The molecule has 0 aromatic heterocycles. The van der Waals surface area contributed by atoms with Gasteiger partial charge in [0.25, 0.3) is 0 Å². The highest BCUT2D eigenvalue weighted by molar-refractivity contribution is 6.91. The highest BCUT2D eigenvalue weighted by atomic mass is 35.5. The maximum Gasteiger partial charge on any atom is 0.146 e. The first-order chi connectivity index (χ1) is 11.1. The number of hydrogen-bond acceptors (Lipinski definition) is 0. The van der Waals surface area contributed by atoms with Crippen molar-refractivity contribution in [3.05, 3.63) is 10.2 Å². The van der Waals surface area contributed by atoms with Crippen molar-refractivity contribution < 1.29 is 0 Å². The van der Waals surface area contributed by atoms with Gasteiger partial charge in [0.05, 0.1) is 13.1 Å². The van der Waals surface area contributed by atoms with Crippen molar-refractivity contribution in [3.63, 3.8) is 0 Å². The predicted molar refractivity (Wildman–Crippen MR) is 118 cm³/mol. The van der Waals surface area contributed by atoms with Crippen molar-refractivity contribution in [2.75, 3.05) is 0 Å². The second kappa shape index (κ2) is 9.91. The Morgan fingerprint density at radius 3 is 1.50 bits per heavy atom. The predicted octanol–water partition coefficient (Wildman–Crippen LogP) is 7.38. The largest absolute Gasteiger partial charge is 0.146 e. The van der Waals surface area contributed by atoms with Gasteiger partial charge in [-0.2, -0.15) is 0 Å². The van der Waals surface area contributed by atoms with Crippen LogP contribution < -0.4 is 0 Å². The molecule has 3 heteroatoms. The normalized spacial score (nSPS) is 13.7. The van der Waals surface area contributed by atoms with Crippen LogP contribution in [-0.4, -0.2) is 16.1 Å². The second-order valence-corrected chi connectivity index (χ2v) is 19.0. The first-order valence-corrected chi connectivity index (χ1v) is 14.7. The lowest BCUT2D eigenvalue weighted by atomic mass is 10.5. The van der Waals surface area contributed by atoms with Crippen LogP contribution in [0.15, 0.2) is 10.2 Å². The van der Waals surface area contributed by atoms with Crippen molar-refractivity contribution in [3.8, 4) is 23.8 Å². The van der Waals surface area contributed by atoms with Gasteiger partial charge in [0, 0.05) is 5.20 Å². The van der Waals surface area contributed by atoms with Crippen LogP contribution in [0.2, 0.25) is 34.8 Å². The molecule has 0 aromatic rings. The molecular weight excluding hydrogens is 344 g/mol. The summed E-state index contributed by atoms with van der Waals surface area (Å²) in [4.78, 5) is 0. The van der Waals surface area contributed by atoms with Crippen molar-refractivity contribution in [1.29, 1.82) is 0 Å². The molecule has 0 fully saturated rings. The zero-order valence-electron chi connectivity index (χ0n) is 17.3. The Balaban J connectivity index is 6.50. The fourth-order valence-corrected chi connectivity index (χ4v) is 13.8. The molecule has 0 saturated heterocycles. The van der Waals surface area contributed by atoms with Crippen LogP contribution in [0.4, 0.5) is 0 Å². The number of halogens is 1. The molecule has 0 aliphatic rings. The van der Waals surface area contributed by atoms with Crippen molar-refractivity contribution in [2.24, 2.45) is 0 Å². The molecule has 0 rings (SSSR count). The molecule has 136 valence electrons. The van der Waals surface area contributed by atoms with Crippen LogP contribution in [0, 0.1) is 23.8 Å². The molecule has 0 nitrogen and oxygen atoms in total. The molecule has 0 amide bonds. The SMILES string of the molecule is C#C/C(Cl)=C(/C#C[Si](C(C)C)(C(C)C)C(C)C)[Si](CC)(CC)CC. The highest BCUT2D eigenvalue weighted by Crippen LogP contribution is 2.41. The van der Waals surface area contributed by atoms with Gasteiger partial charge >= 0.3 is 0 Å². The molecule has 24 heavy (non-hydrogen) atoms. The van der Waals surface area contributed by atoms with Gasteiger partial charge in [-0.1, -0.05) is 104 Å². The van der Waals surface area contributed by atoms with Crippen LogP contribution in [0.5, 0.6) is 0 Å². The molecule has 0 aliphatic heterocycles. The number of terminal acetylenes is 1. The van der Waals surface area contributed by atoms with E-state index in [1.807, 2.05) is 0 Å². The van der Waals surface area contributed by atoms with Gasteiger partial charge in [0.1, 0.15) is 8.07 Å². The summed E-state index contributed by atoms with van der Waals surface area (Å²) in [5, 5.41) is 1.71.